The second-order valence-corrected chi connectivity index (χ2v) is 6.94. The first-order valence-electron chi connectivity index (χ1n) is 8.13. The van der Waals surface area contributed by atoms with Gasteiger partial charge in [-0.05, 0) is 12.1 Å². The molecule has 8 heteroatoms. The van der Waals surface area contributed by atoms with Gasteiger partial charge >= 0.3 is 0 Å². The van der Waals surface area contributed by atoms with E-state index in [9.17, 15) is 13.6 Å². The zero-order chi connectivity index (χ0) is 19.6. The minimum atomic E-state index is -0.683. The van der Waals surface area contributed by atoms with E-state index >= 15 is 0 Å². The fraction of sp³-hybridized carbons (Fsp3) is 0.316. The summed E-state index contributed by atoms with van der Waals surface area (Å²) in [5, 5.41) is -0.392. The molecule has 27 heavy (non-hydrogen) atoms. The lowest BCUT2D eigenvalue weighted by molar-refractivity contribution is -0.128. The maximum atomic E-state index is 14.1. The van der Waals surface area contributed by atoms with Crippen LogP contribution in [0.5, 0.6) is 17.2 Å². The third kappa shape index (κ3) is 3.80. The van der Waals surface area contributed by atoms with E-state index in [-0.39, 0.29) is 23.8 Å². The lowest BCUT2D eigenvalue weighted by atomic mass is 10.1. The molecule has 0 aliphatic carbocycles. The maximum Gasteiger partial charge on any atom is 0.234 e. The number of thioether (sulfide) groups is 1. The molecule has 1 heterocycles. The summed E-state index contributed by atoms with van der Waals surface area (Å²) in [6.45, 7) is 0.0279. The van der Waals surface area contributed by atoms with Crippen LogP contribution in [0.2, 0.25) is 0 Å². The molecule has 1 aliphatic heterocycles. The topological polar surface area (TPSA) is 48.0 Å². The molecule has 0 saturated carbocycles. The van der Waals surface area contributed by atoms with Crippen LogP contribution in [-0.2, 0) is 11.3 Å². The lowest BCUT2D eigenvalue weighted by Gasteiger charge is -2.26. The number of ether oxygens (including phenoxy) is 3. The number of methoxy groups -OCH3 is 3. The second-order valence-electron chi connectivity index (χ2n) is 5.87. The number of benzene rings is 2. The van der Waals surface area contributed by atoms with Gasteiger partial charge in [-0.25, -0.2) is 8.78 Å². The van der Waals surface area contributed by atoms with Gasteiger partial charge in [0.15, 0.2) is 11.5 Å². The first-order chi connectivity index (χ1) is 13.0. The SMILES string of the molecule is COc1cc(OC)c(C2SCC(=O)N2Cc2ccc(F)cc2F)cc1OC. The van der Waals surface area contributed by atoms with Crippen LogP contribution >= 0.6 is 11.8 Å². The van der Waals surface area contributed by atoms with Crippen molar-refractivity contribution >= 4 is 17.7 Å². The zero-order valence-corrected chi connectivity index (χ0v) is 15.9. The van der Waals surface area contributed by atoms with Gasteiger partial charge in [0.1, 0.15) is 22.8 Å². The minimum absolute atomic E-state index is 0.0279. The van der Waals surface area contributed by atoms with E-state index in [1.165, 1.54) is 45.2 Å². The molecule has 2 aromatic rings. The van der Waals surface area contributed by atoms with E-state index in [1.54, 1.807) is 17.0 Å². The largest absolute Gasteiger partial charge is 0.496 e. The second kappa shape index (κ2) is 8.04. The number of hydrogen-bond acceptors (Lipinski definition) is 5. The molecule has 144 valence electrons. The highest BCUT2D eigenvalue weighted by Crippen LogP contribution is 2.46. The molecule has 5 nitrogen and oxygen atoms in total. The minimum Gasteiger partial charge on any atom is -0.496 e. The van der Waals surface area contributed by atoms with Crippen LogP contribution in [-0.4, -0.2) is 37.9 Å². The van der Waals surface area contributed by atoms with Crippen molar-refractivity contribution in [1.82, 2.24) is 4.90 Å². The summed E-state index contributed by atoms with van der Waals surface area (Å²) in [6, 6.07) is 6.78. The van der Waals surface area contributed by atoms with Crippen LogP contribution in [0, 0.1) is 11.6 Å². The summed E-state index contributed by atoms with van der Waals surface area (Å²) in [7, 11) is 4.57. The van der Waals surface area contributed by atoms with Crippen molar-refractivity contribution in [1.29, 1.82) is 0 Å². The fourth-order valence-electron chi connectivity index (χ4n) is 2.96. The lowest BCUT2D eigenvalue weighted by Crippen LogP contribution is -2.28. The van der Waals surface area contributed by atoms with Crippen LogP contribution in [0.1, 0.15) is 16.5 Å². The molecule has 1 atom stereocenters. The van der Waals surface area contributed by atoms with Crippen molar-refractivity contribution in [2.75, 3.05) is 27.1 Å². The Kier molecular flexibility index (Phi) is 5.74. The van der Waals surface area contributed by atoms with Gasteiger partial charge in [0.2, 0.25) is 5.91 Å². The van der Waals surface area contributed by atoms with Gasteiger partial charge in [-0.1, -0.05) is 6.07 Å². The van der Waals surface area contributed by atoms with Crippen LogP contribution in [0.4, 0.5) is 8.78 Å². The van der Waals surface area contributed by atoms with E-state index in [0.29, 0.717) is 22.8 Å². The molecule has 1 fully saturated rings. The maximum absolute atomic E-state index is 14.1. The number of carbonyl (C=O) groups excluding carboxylic acids is 1. The van der Waals surface area contributed by atoms with Gasteiger partial charge in [-0.3, -0.25) is 4.79 Å². The molecule has 0 bridgehead atoms. The van der Waals surface area contributed by atoms with E-state index < -0.39 is 17.0 Å². The first kappa shape index (κ1) is 19.3. The average Bonchev–Trinajstić information content (AvgIpc) is 3.03. The molecule has 1 unspecified atom stereocenters. The summed E-state index contributed by atoms with van der Waals surface area (Å²) >= 11 is 1.41. The monoisotopic (exact) mass is 395 g/mol. The van der Waals surface area contributed by atoms with Gasteiger partial charge < -0.3 is 19.1 Å². The number of halogens is 2. The van der Waals surface area contributed by atoms with Gasteiger partial charge in [-0.15, -0.1) is 11.8 Å². The molecule has 2 aromatic carbocycles. The molecular formula is C19H19F2NO4S. The standard InChI is InChI=1S/C19H19F2NO4S/c1-24-15-8-17(26-3)16(25-2)7-13(15)19-22(18(23)10-27-19)9-11-4-5-12(20)6-14(11)21/h4-8,19H,9-10H2,1-3H3. The Balaban J connectivity index is 1.98. The highest BCUT2D eigenvalue weighted by atomic mass is 32.2. The van der Waals surface area contributed by atoms with Crippen LogP contribution in [0.25, 0.3) is 0 Å². The van der Waals surface area contributed by atoms with E-state index in [4.69, 9.17) is 14.2 Å². The summed E-state index contributed by atoms with van der Waals surface area (Å²) < 4.78 is 43.3. The number of hydrogen-bond donors (Lipinski definition) is 0. The molecule has 3 rings (SSSR count). The Hall–Kier alpha value is -2.48. The van der Waals surface area contributed by atoms with Crippen LogP contribution in [0.15, 0.2) is 30.3 Å². The number of rotatable bonds is 6. The van der Waals surface area contributed by atoms with E-state index in [0.717, 1.165) is 6.07 Å². The van der Waals surface area contributed by atoms with Crippen molar-refractivity contribution in [3.63, 3.8) is 0 Å². The number of carbonyl (C=O) groups is 1. The normalized spacial score (nSPS) is 16.6. The molecule has 1 aliphatic rings. The zero-order valence-electron chi connectivity index (χ0n) is 15.1. The summed E-state index contributed by atoms with van der Waals surface area (Å²) in [4.78, 5) is 14.0. The highest BCUT2D eigenvalue weighted by molar-refractivity contribution is 8.00. The fourth-order valence-corrected chi connectivity index (χ4v) is 4.16. The smallest absolute Gasteiger partial charge is 0.234 e. The summed E-state index contributed by atoms with van der Waals surface area (Å²) in [6.07, 6.45) is 0. The van der Waals surface area contributed by atoms with Crippen molar-refractivity contribution in [2.24, 2.45) is 0 Å². The Morgan fingerprint density at radius 3 is 2.33 bits per heavy atom. The van der Waals surface area contributed by atoms with Gasteiger partial charge in [-0.2, -0.15) is 0 Å². The predicted octanol–water partition coefficient (Wildman–Crippen LogP) is 3.76. The Labute approximate surface area is 160 Å². The van der Waals surface area contributed by atoms with Gasteiger partial charge in [0, 0.05) is 23.3 Å². The van der Waals surface area contributed by atoms with E-state index in [1.807, 2.05) is 0 Å². The highest BCUT2D eigenvalue weighted by Gasteiger charge is 2.35. The molecule has 0 radical (unpaired) electrons. The van der Waals surface area contributed by atoms with Crippen molar-refractivity contribution < 1.29 is 27.8 Å². The quantitative estimate of drug-likeness (QED) is 0.745. The Bertz CT molecular complexity index is 862. The van der Waals surface area contributed by atoms with Crippen molar-refractivity contribution in [3.05, 3.63) is 53.1 Å². The molecule has 0 aromatic heterocycles. The third-order valence-electron chi connectivity index (χ3n) is 4.33. The van der Waals surface area contributed by atoms with Crippen molar-refractivity contribution in [2.45, 2.75) is 11.9 Å². The average molecular weight is 395 g/mol. The predicted molar refractivity (Wildman–Crippen MR) is 98.2 cm³/mol. The molecule has 1 amide bonds. The van der Waals surface area contributed by atoms with Crippen LogP contribution in [0.3, 0.4) is 0 Å². The Morgan fingerprint density at radius 2 is 1.70 bits per heavy atom. The Morgan fingerprint density at radius 1 is 1.04 bits per heavy atom. The third-order valence-corrected chi connectivity index (χ3v) is 5.56. The molecular weight excluding hydrogens is 376 g/mol. The summed E-state index contributed by atoms with van der Waals surface area (Å²) in [5.41, 5.74) is 0.963. The molecule has 0 spiro atoms. The first-order valence-corrected chi connectivity index (χ1v) is 9.18. The van der Waals surface area contributed by atoms with Gasteiger partial charge in [0.05, 0.1) is 33.6 Å². The van der Waals surface area contributed by atoms with Crippen LogP contribution < -0.4 is 14.2 Å². The number of nitrogens with zero attached hydrogens (tertiary/aromatic N) is 1. The van der Waals surface area contributed by atoms with Crippen molar-refractivity contribution in [3.8, 4) is 17.2 Å². The van der Waals surface area contributed by atoms with Gasteiger partial charge in [0.25, 0.3) is 0 Å². The molecule has 1 saturated heterocycles. The molecule has 0 N–H and O–H groups in total. The number of amides is 1. The van der Waals surface area contributed by atoms with E-state index in [2.05, 4.69) is 0 Å². The summed E-state index contributed by atoms with van der Waals surface area (Å²) in [5.74, 6) is 0.319.